The fraction of sp³-hybridized carbons (Fsp3) is 0.514. The highest BCUT2D eigenvalue weighted by molar-refractivity contribution is 6.30. The Hall–Kier alpha value is -2.96. The normalized spacial score (nSPS) is 26.1. The Labute approximate surface area is 276 Å². The maximum Gasteiger partial charge on any atom is 0.329 e. The van der Waals surface area contributed by atoms with E-state index in [0.29, 0.717) is 54.7 Å². The smallest absolute Gasteiger partial charge is 0.329 e. The van der Waals surface area contributed by atoms with Crippen LogP contribution in [0.15, 0.2) is 54.7 Å². The van der Waals surface area contributed by atoms with Gasteiger partial charge in [-0.15, -0.1) is 11.6 Å². The molecule has 3 aliphatic rings. The molecule has 0 amide bonds. The second kappa shape index (κ2) is 13.4. The van der Waals surface area contributed by atoms with Gasteiger partial charge < -0.3 is 19.9 Å². The number of ether oxygens (including phenoxy) is 2. The lowest BCUT2D eigenvalue weighted by Gasteiger charge is -2.47. The highest BCUT2D eigenvalue weighted by Crippen LogP contribution is 2.56. The summed E-state index contributed by atoms with van der Waals surface area (Å²) in [6, 6.07) is 15.8. The van der Waals surface area contributed by atoms with E-state index in [1.54, 1.807) is 12.1 Å². The van der Waals surface area contributed by atoms with Gasteiger partial charge in [-0.25, -0.2) is 4.79 Å². The van der Waals surface area contributed by atoms with E-state index in [9.17, 15) is 9.90 Å². The summed E-state index contributed by atoms with van der Waals surface area (Å²) in [6.45, 7) is 5.66. The molecule has 1 unspecified atom stereocenters. The van der Waals surface area contributed by atoms with Crippen LogP contribution in [0.4, 0.5) is 5.69 Å². The summed E-state index contributed by atoms with van der Waals surface area (Å²) in [5.41, 5.74) is 4.67. The Morgan fingerprint density at radius 2 is 1.96 bits per heavy atom. The van der Waals surface area contributed by atoms with Crippen molar-refractivity contribution in [2.45, 2.75) is 88.5 Å². The number of fused-ring (bicyclic) bond motifs is 3. The van der Waals surface area contributed by atoms with E-state index >= 15 is 0 Å². The number of aliphatic carboxylic acids is 1. The minimum Gasteiger partial charge on any atom is -0.493 e. The Morgan fingerprint density at radius 1 is 1.13 bits per heavy atom. The van der Waals surface area contributed by atoms with E-state index in [4.69, 9.17) is 32.7 Å². The third kappa shape index (κ3) is 6.51. The number of hydrogen-bond acceptors (Lipinski definition) is 5. The van der Waals surface area contributed by atoms with Crippen molar-refractivity contribution in [3.63, 3.8) is 0 Å². The van der Waals surface area contributed by atoms with Gasteiger partial charge in [-0.05, 0) is 128 Å². The lowest BCUT2D eigenvalue weighted by molar-refractivity contribution is -0.144. The molecule has 1 aromatic heterocycles. The van der Waals surface area contributed by atoms with Crippen molar-refractivity contribution in [2.75, 3.05) is 24.4 Å². The minimum atomic E-state index is -1.05. The van der Waals surface area contributed by atoms with Crippen LogP contribution in [-0.4, -0.2) is 40.7 Å². The first kappa shape index (κ1) is 32.0. The summed E-state index contributed by atoms with van der Waals surface area (Å²) >= 11 is 12.2. The van der Waals surface area contributed by atoms with E-state index < -0.39 is 11.5 Å². The highest BCUT2D eigenvalue weighted by atomic mass is 35.5. The van der Waals surface area contributed by atoms with Gasteiger partial charge in [-0.3, -0.25) is 4.98 Å². The van der Waals surface area contributed by atoms with Gasteiger partial charge in [0.2, 0.25) is 0 Å². The zero-order chi connectivity index (χ0) is 31.6. The molecule has 0 aliphatic heterocycles. The second-order valence-corrected chi connectivity index (χ2v) is 14.4. The van der Waals surface area contributed by atoms with Crippen molar-refractivity contribution in [2.24, 2.45) is 11.8 Å². The molecule has 1 heterocycles. The lowest BCUT2D eigenvalue weighted by Crippen LogP contribution is -2.53. The van der Waals surface area contributed by atoms with Crippen molar-refractivity contribution in [1.29, 1.82) is 0 Å². The SMILES string of the molecule is C[C@@H](COc1ccnc2c1[C@H](C)CCC2)CC1Cc2ccc(OCCCl)cc2C12CCC(Nc1cccc(Cl)c1)(C(=O)O)CC2. The van der Waals surface area contributed by atoms with Gasteiger partial charge in [0, 0.05) is 28.2 Å². The number of aryl methyl sites for hydroxylation is 1. The standard InChI is InChI=1S/C37H44Cl2N2O4/c1-24(23-45-33-11-17-40-32-8-3-5-25(2)34(32)33)19-27-20-26-9-10-30(44-18-16-38)22-31(26)36(27)12-14-37(15-13-36,35(42)43)41-29-7-4-6-28(39)21-29/h4,6-7,9-11,17,21-22,24-25,27,41H,3,5,8,12-16,18-20,23H2,1-2H3,(H,42,43)/t24-,25-,27?,36?,37?/m1/s1. The van der Waals surface area contributed by atoms with E-state index in [2.05, 4.69) is 36.3 Å². The molecule has 0 bridgehead atoms. The van der Waals surface area contributed by atoms with Crippen LogP contribution in [0.3, 0.4) is 0 Å². The number of aromatic nitrogens is 1. The van der Waals surface area contributed by atoms with Gasteiger partial charge >= 0.3 is 5.97 Å². The first-order valence-corrected chi connectivity index (χ1v) is 17.3. The summed E-state index contributed by atoms with van der Waals surface area (Å²) in [5, 5.41) is 14.5. The first-order chi connectivity index (χ1) is 21.7. The molecule has 1 fully saturated rings. The molecule has 1 spiro atoms. The predicted molar refractivity (Wildman–Crippen MR) is 180 cm³/mol. The molecule has 3 aliphatic carbocycles. The number of carboxylic acids is 1. The molecule has 8 heteroatoms. The van der Waals surface area contributed by atoms with Crippen molar-refractivity contribution in [1.82, 2.24) is 4.98 Å². The number of carboxylic acid groups (broad SMARTS) is 1. The molecule has 45 heavy (non-hydrogen) atoms. The van der Waals surface area contributed by atoms with Crippen LogP contribution in [0, 0.1) is 11.8 Å². The van der Waals surface area contributed by atoms with Crippen molar-refractivity contribution in [3.05, 3.63) is 82.1 Å². The van der Waals surface area contributed by atoms with Crippen LogP contribution < -0.4 is 14.8 Å². The molecular weight excluding hydrogens is 607 g/mol. The monoisotopic (exact) mass is 650 g/mol. The van der Waals surface area contributed by atoms with Gasteiger partial charge in [-0.2, -0.15) is 0 Å². The molecule has 6 rings (SSSR count). The minimum absolute atomic E-state index is 0.136. The number of pyridine rings is 1. The number of benzene rings is 2. The number of carbonyl (C=O) groups is 1. The van der Waals surface area contributed by atoms with E-state index in [1.165, 1.54) is 35.2 Å². The van der Waals surface area contributed by atoms with Crippen LogP contribution in [0.5, 0.6) is 11.5 Å². The number of alkyl halides is 1. The van der Waals surface area contributed by atoms with E-state index in [0.717, 1.165) is 49.3 Å². The fourth-order valence-electron chi connectivity index (χ4n) is 8.32. The number of hydrogen-bond donors (Lipinski definition) is 2. The van der Waals surface area contributed by atoms with Gasteiger partial charge in [0.15, 0.2) is 0 Å². The topological polar surface area (TPSA) is 80.7 Å². The van der Waals surface area contributed by atoms with Crippen molar-refractivity contribution < 1.29 is 19.4 Å². The number of nitrogens with one attached hydrogen (secondary N) is 1. The van der Waals surface area contributed by atoms with E-state index in [-0.39, 0.29) is 5.41 Å². The zero-order valence-corrected chi connectivity index (χ0v) is 27.8. The molecule has 0 saturated heterocycles. The quantitative estimate of drug-likeness (QED) is 0.202. The van der Waals surface area contributed by atoms with Crippen LogP contribution in [0.25, 0.3) is 0 Å². The van der Waals surface area contributed by atoms with Gasteiger partial charge in [0.1, 0.15) is 23.6 Å². The zero-order valence-electron chi connectivity index (χ0n) is 26.3. The molecule has 240 valence electrons. The van der Waals surface area contributed by atoms with Crippen molar-refractivity contribution in [3.8, 4) is 11.5 Å². The number of nitrogens with zero attached hydrogens (tertiary/aromatic N) is 1. The van der Waals surface area contributed by atoms with Crippen molar-refractivity contribution >= 4 is 34.9 Å². The van der Waals surface area contributed by atoms with Gasteiger partial charge in [-0.1, -0.05) is 37.6 Å². The largest absolute Gasteiger partial charge is 0.493 e. The summed E-state index contributed by atoms with van der Waals surface area (Å²) in [4.78, 5) is 17.5. The predicted octanol–water partition coefficient (Wildman–Crippen LogP) is 8.82. The molecule has 3 aromatic rings. The van der Waals surface area contributed by atoms with Crippen LogP contribution in [0.1, 0.15) is 87.1 Å². The average Bonchev–Trinajstić information content (AvgIpc) is 3.31. The summed E-state index contributed by atoms with van der Waals surface area (Å²) < 4.78 is 12.5. The number of rotatable bonds is 11. The third-order valence-corrected chi connectivity index (χ3v) is 11.0. The Morgan fingerprint density at radius 3 is 2.71 bits per heavy atom. The van der Waals surface area contributed by atoms with Crippen LogP contribution in [0.2, 0.25) is 5.02 Å². The van der Waals surface area contributed by atoms with Crippen LogP contribution >= 0.6 is 23.2 Å². The molecule has 0 radical (unpaired) electrons. The van der Waals surface area contributed by atoms with Gasteiger partial charge in [0.05, 0.1) is 12.5 Å². The fourth-order valence-corrected chi connectivity index (χ4v) is 8.59. The summed E-state index contributed by atoms with van der Waals surface area (Å²) in [6.07, 6.45) is 9.81. The lowest BCUT2D eigenvalue weighted by atomic mass is 9.59. The average molecular weight is 652 g/mol. The third-order valence-electron chi connectivity index (χ3n) is 10.6. The van der Waals surface area contributed by atoms with E-state index in [1.807, 2.05) is 30.5 Å². The molecule has 2 aromatic carbocycles. The summed E-state index contributed by atoms with van der Waals surface area (Å²) in [7, 11) is 0. The molecule has 3 atom stereocenters. The highest BCUT2D eigenvalue weighted by Gasteiger charge is 2.54. The first-order valence-electron chi connectivity index (χ1n) is 16.4. The molecular formula is C37H44Cl2N2O4. The van der Waals surface area contributed by atoms with Gasteiger partial charge in [0.25, 0.3) is 0 Å². The summed E-state index contributed by atoms with van der Waals surface area (Å²) in [5.74, 6) is 2.59. The number of anilines is 1. The Kier molecular flexibility index (Phi) is 9.54. The Bertz CT molecular complexity index is 1520. The maximum absolute atomic E-state index is 12.8. The maximum atomic E-state index is 12.8. The van der Waals surface area contributed by atoms with Crippen LogP contribution in [-0.2, 0) is 23.1 Å². The number of halogens is 2. The molecule has 2 N–H and O–H groups in total. The molecule has 6 nitrogen and oxygen atoms in total. The Balaban J connectivity index is 1.23. The molecule has 1 saturated carbocycles. The second-order valence-electron chi connectivity index (χ2n) is 13.6.